The summed E-state index contributed by atoms with van der Waals surface area (Å²) in [5, 5.41) is 12.2. The summed E-state index contributed by atoms with van der Waals surface area (Å²) in [5.74, 6) is -1.58. The van der Waals surface area contributed by atoms with Crippen molar-refractivity contribution in [3.63, 3.8) is 0 Å². The second-order valence-electron chi connectivity index (χ2n) is 5.24. The van der Waals surface area contributed by atoms with Crippen LogP contribution in [-0.4, -0.2) is 23.0 Å². The van der Waals surface area contributed by atoms with E-state index >= 15 is 0 Å². The van der Waals surface area contributed by atoms with E-state index in [0.717, 1.165) is 0 Å². The maximum absolute atomic E-state index is 12.0. The minimum atomic E-state index is -1.08. The van der Waals surface area contributed by atoms with Gasteiger partial charge in [-0.25, -0.2) is 4.79 Å². The van der Waals surface area contributed by atoms with E-state index < -0.39 is 23.3 Å². The molecule has 0 aliphatic carbocycles. The normalized spacial score (nSPS) is 12.9. The Labute approximate surface area is 121 Å². The molecule has 104 valence electrons. The second kappa shape index (κ2) is 5.80. The average Bonchev–Trinajstić information content (AvgIpc) is 2.27. The Hall–Kier alpha value is -1.26. The van der Waals surface area contributed by atoms with E-state index in [-0.39, 0.29) is 10.6 Å². The lowest BCUT2D eigenvalue weighted by atomic mass is 9.86. The number of carbonyl (C=O) groups is 2. The molecule has 1 rings (SSSR count). The molecule has 1 atom stereocenters. The fourth-order valence-electron chi connectivity index (χ4n) is 1.50. The van der Waals surface area contributed by atoms with Crippen molar-refractivity contribution < 1.29 is 14.7 Å². The fourth-order valence-corrected chi connectivity index (χ4v) is 1.80. The van der Waals surface area contributed by atoms with Crippen molar-refractivity contribution in [1.82, 2.24) is 5.32 Å². The molecular formula is C13H15Cl2NO3. The van der Waals surface area contributed by atoms with Crippen molar-refractivity contribution >= 4 is 35.1 Å². The third-order valence-corrected chi connectivity index (χ3v) is 3.31. The van der Waals surface area contributed by atoms with Crippen LogP contribution in [0.3, 0.4) is 0 Å². The molecule has 0 bridgehead atoms. The largest absolute Gasteiger partial charge is 0.480 e. The third-order valence-electron chi connectivity index (χ3n) is 2.57. The van der Waals surface area contributed by atoms with Gasteiger partial charge in [0.2, 0.25) is 0 Å². The molecule has 0 saturated heterocycles. The molecule has 6 heteroatoms. The zero-order valence-corrected chi connectivity index (χ0v) is 12.3. The highest BCUT2D eigenvalue weighted by Crippen LogP contribution is 2.24. The van der Waals surface area contributed by atoms with E-state index in [1.165, 1.54) is 18.2 Å². The quantitative estimate of drug-likeness (QED) is 0.901. The number of aliphatic carboxylic acids is 1. The van der Waals surface area contributed by atoms with Crippen LogP contribution in [0, 0.1) is 5.41 Å². The van der Waals surface area contributed by atoms with Gasteiger partial charge in [0, 0.05) is 5.56 Å². The van der Waals surface area contributed by atoms with Gasteiger partial charge in [-0.05, 0) is 23.6 Å². The Kier molecular flexibility index (Phi) is 4.82. The van der Waals surface area contributed by atoms with Crippen LogP contribution in [0.15, 0.2) is 18.2 Å². The lowest BCUT2D eigenvalue weighted by Crippen LogP contribution is -2.49. The SMILES string of the molecule is CC(C)(C)C(NC(=O)c1ccc(Cl)c(Cl)c1)C(=O)O. The Balaban J connectivity index is 2.94. The lowest BCUT2D eigenvalue weighted by molar-refractivity contribution is -0.142. The predicted octanol–water partition coefficient (Wildman–Crippen LogP) is 3.22. The molecule has 19 heavy (non-hydrogen) atoms. The lowest BCUT2D eigenvalue weighted by Gasteiger charge is -2.27. The van der Waals surface area contributed by atoms with Gasteiger partial charge in [-0.2, -0.15) is 0 Å². The van der Waals surface area contributed by atoms with Gasteiger partial charge in [0.25, 0.3) is 5.91 Å². The van der Waals surface area contributed by atoms with Gasteiger partial charge < -0.3 is 10.4 Å². The Morgan fingerprint density at radius 3 is 2.21 bits per heavy atom. The number of carboxylic acids is 1. The number of hydrogen-bond acceptors (Lipinski definition) is 2. The topological polar surface area (TPSA) is 66.4 Å². The molecule has 0 saturated carbocycles. The highest BCUT2D eigenvalue weighted by Gasteiger charge is 2.32. The van der Waals surface area contributed by atoms with Crippen LogP contribution >= 0.6 is 23.2 Å². The maximum Gasteiger partial charge on any atom is 0.326 e. The second-order valence-corrected chi connectivity index (χ2v) is 6.05. The van der Waals surface area contributed by atoms with E-state index in [1.54, 1.807) is 20.8 Å². The summed E-state index contributed by atoms with van der Waals surface area (Å²) in [6, 6.07) is 3.40. The molecule has 0 heterocycles. The number of nitrogens with one attached hydrogen (secondary N) is 1. The molecule has 1 aromatic carbocycles. The molecule has 0 fully saturated rings. The Bertz CT molecular complexity index is 509. The summed E-state index contributed by atoms with van der Waals surface area (Å²) in [6.45, 7) is 5.21. The summed E-state index contributed by atoms with van der Waals surface area (Å²) in [7, 11) is 0. The third kappa shape index (κ3) is 4.11. The number of halogens is 2. The molecule has 1 amide bonds. The summed E-state index contributed by atoms with van der Waals surface area (Å²) >= 11 is 11.6. The van der Waals surface area contributed by atoms with Crippen molar-refractivity contribution in [3.8, 4) is 0 Å². The summed E-state index contributed by atoms with van der Waals surface area (Å²) in [4.78, 5) is 23.2. The van der Waals surface area contributed by atoms with E-state index in [0.29, 0.717) is 5.02 Å². The number of rotatable bonds is 3. The maximum atomic E-state index is 12.0. The Morgan fingerprint density at radius 1 is 1.21 bits per heavy atom. The van der Waals surface area contributed by atoms with Crippen molar-refractivity contribution in [3.05, 3.63) is 33.8 Å². The van der Waals surface area contributed by atoms with Crippen LogP contribution in [-0.2, 0) is 4.79 Å². The summed E-state index contributed by atoms with van der Waals surface area (Å²) < 4.78 is 0. The molecule has 0 aliphatic heterocycles. The van der Waals surface area contributed by atoms with Crippen LogP contribution in [0.1, 0.15) is 31.1 Å². The van der Waals surface area contributed by atoms with Gasteiger partial charge in [0.1, 0.15) is 6.04 Å². The Morgan fingerprint density at radius 2 is 1.79 bits per heavy atom. The van der Waals surface area contributed by atoms with E-state index in [4.69, 9.17) is 28.3 Å². The molecule has 1 unspecified atom stereocenters. The van der Waals surface area contributed by atoms with Gasteiger partial charge in [-0.1, -0.05) is 44.0 Å². The molecule has 2 N–H and O–H groups in total. The number of hydrogen-bond donors (Lipinski definition) is 2. The molecule has 0 aliphatic rings. The highest BCUT2D eigenvalue weighted by molar-refractivity contribution is 6.42. The fraction of sp³-hybridized carbons (Fsp3) is 0.385. The summed E-state index contributed by atoms with van der Waals surface area (Å²) in [5.41, 5.74) is -0.331. The van der Waals surface area contributed by atoms with Gasteiger partial charge in [-0.15, -0.1) is 0 Å². The minimum absolute atomic E-state index is 0.247. The molecule has 0 aromatic heterocycles. The predicted molar refractivity (Wildman–Crippen MR) is 74.8 cm³/mol. The molecule has 4 nitrogen and oxygen atoms in total. The van der Waals surface area contributed by atoms with E-state index in [1.807, 2.05) is 0 Å². The van der Waals surface area contributed by atoms with E-state index in [2.05, 4.69) is 5.32 Å². The zero-order valence-electron chi connectivity index (χ0n) is 10.8. The van der Waals surface area contributed by atoms with Crippen LogP contribution in [0.25, 0.3) is 0 Å². The molecule has 0 radical (unpaired) electrons. The van der Waals surface area contributed by atoms with Crippen molar-refractivity contribution in [2.75, 3.05) is 0 Å². The smallest absolute Gasteiger partial charge is 0.326 e. The first-order valence-electron chi connectivity index (χ1n) is 5.61. The van der Waals surface area contributed by atoms with Crippen LogP contribution in [0.4, 0.5) is 0 Å². The van der Waals surface area contributed by atoms with Gasteiger partial charge in [-0.3, -0.25) is 4.79 Å². The zero-order chi connectivity index (χ0) is 14.8. The van der Waals surface area contributed by atoms with Crippen molar-refractivity contribution in [1.29, 1.82) is 0 Å². The van der Waals surface area contributed by atoms with Crippen molar-refractivity contribution in [2.45, 2.75) is 26.8 Å². The number of amides is 1. The van der Waals surface area contributed by atoms with Crippen LogP contribution in [0.5, 0.6) is 0 Å². The van der Waals surface area contributed by atoms with Gasteiger partial charge in [0.05, 0.1) is 10.0 Å². The minimum Gasteiger partial charge on any atom is -0.480 e. The van der Waals surface area contributed by atoms with Gasteiger partial charge in [0.15, 0.2) is 0 Å². The van der Waals surface area contributed by atoms with Crippen LogP contribution in [0.2, 0.25) is 10.0 Å². The van der Waals surface area contributed by atoms with Gasteiger partial charge >= 0.3 is 5.97 Å². The molecule has 1 aromatic rings. The van der Waals surface area contributed by atoms with E-state index in [9.17, 15) is 9.59 Å². The monoisotopic (exact) mass is 303 g/mol. The molecule has 0 spiro atoms. The number of carboxylic acid groups (broad SMARTS) is 1. The first kappa shape index (κ1) is 15.8. The first-order valence-corrected chi connectivity index (χ1v) is 6.37. The highest BCUT2D eigenvalue weighted by atomic mass is 35.5. The van der Waals surface area contributed by atoms with Crippen LogP contribution < -0.4 is 5.32 Å². The standard InChI is InChI=1S/C13H15Cl2NO3/c1-13(2,3)10(12(18)19)16-11(17)7-4-5-8(14)9(15)6-7/h4-6,10H,1-3H3,(H,16,17)(H,18,19). The number of carbonyl (C=O) groups excluding carboxylic acids is 1. The summed E-state index contributed by atoms with van der Waals surface area (Å²) in [6.07, 6.45) is 0. The average molecular weight is 304 g/mol. The first-order chi connectivity index (χ1) is 8.62. The molecular weight excluding hydrogens is 289 g/mol. The number of benzene rings is 1. The van der Waals surface area contributed by atoms with Crippen molar-refractivity contribution in [2.24, 2.45) is 5.41 Å².